The first-order chi connectivity index (χ1) is 21.3. The van der Waals surface area contributed by atoms with Crippen LogP contribution in [0.3, 0.4) is 0 Å². The molecule has 4 aromatic rings. The number of nitrogens with one attached hydrogen (secondary N) is 1. The van der Waals surface area contributed by atoms with Gasteiger partial charge in [-0.2, -0.15) is 4.98 Å². The number of likely N-dealkylation sites (N-methyl/N-ethyl adjacent to an activating group) is 1. The van der Waals surface area contributed by atoms with Crippen molar-refractivity contribution in [3.05, 3.63) is 53.7 Å². The van der Waals surface area contributed by atoms with Gasteiger partial charge in [-0.15, -0.1) is 6.42 Å². The molecule has 5 heterocycles. The number of benzene rings is 2. The minimum atomic E-state index is -0.621. The van der Waals surface area contributed by atoms with Crippen LogP contribution in [0.4, 0.5) is 14.6 Å². The summed E-state index contributed by atoms with van der Waals surface area (Å²) in [4.78, 5) is 16.3. The fourth-order valence-corrected chi connectivity index (χ4v) is 6.63. The highest BCUT2D eigenvalue weighted by Gasteiger charge is 2.38. The number of halogens is 2. The Hall–Kier alpha value is -4.00. The lowest BCUT2D eigenvalue weighted by molar-refractivity contribution is -0.453. The van der Waals surface area contributed by atoms with Crippen LogP contribution in [0.5, 0.6) is 6.01 Å². The summed E-state index contributed by atoms with van der Waals surface area (Å²) in [6.07, 6.45) is 12.8. The maximum atomic E-state index is 16.6. The van der Waals surface area contributed by atoms with Crippen LogP contribution in [0.25, 0.3) is 32.9 Å². The second kappa shape index (κ2) is 14.6. The standard InChI is InChI=1S/C32H31F2N6O.C3H8.2CH4/c1-4-22-25(33)12-10-19-7-5-9-23(27(19)22)29-28(34)30-24(15-35-29)31(40-16-20-11-13-26(36-20)18(40)2)38-32(37-30)41-17-21-8-6-14-39(21)3;1-3-2;;/h1,5,7,9-10,12,15,20-21,26,36H,6,8,11,13-14,16-17H2,2-3H3;3H2,1-2H3;2*1H4/q+1;;;/t20?,21-,26?;;;/m0.../s1. The van der Waals surface area contributed by atoms with Crippen LogP contribution in [-0.2, 0) is 0 Å². The molecule has 2 saturated heterocycles. The summed E-state index contributed by atoms with van der Waals surface area (Å²) in [6.45, 7) is 8.50. The summed E-state index contributed by atoms with van der Waals surface area (Å²) in [7, 11) is 2.08. The molecule has 1 N–H and O–H groups in total. The van der Waals surface area contributed by atoms with Crippen LogP contribution in [0.1, 0.15) is 73.3 Å². The second-order valence-electron chi connectivity index (χ2n) is 12.0. The number of aromatic nitrogens is 3. The van der Waals surface area contributed by atoms with Gasteiger partial charge in [-0.05, 0) is 57.7 Å². The van der Waals surface area contributed by atoms with Crippen molar-refractivity contribution in [1.29, 1.82) is 0 Å². The van der Waals surface area contributed by atoms with Gasteiger partial charge in [0.25, 0.3) is 0 Å². The summed E-state index contributed by atoms with van der Waals surface area (Å²) in [6, 6.07) is 9.25. The number of pyridine rings is 1. The lowest BCUT2D eigenvalue weighted by Crippen LogP contribution is -2.47. The Bertz CT molecular complexity index is 1800. The zero-order valence-corrected chi connectivity index (χ0v) is 25.8. The molecule has 0 spiro atoms. The summed E-state index contributed by atoms with van der Waals surface area (Å²) in [5, 5.41) is 5.29. The molecule has 244 valence electrons. The van der Waals surface area contributed by atoms with E-state index in [1.807, 2.05) is 6.07 Å². The molecular weight excluding hydrogens is 582 g/mol. The van der Waals surface area contributed by atoms with Crippen molar-refractivity contribution in [2.75, 3.05) is 26.7 Å². The molecule has 0 saturated carbocycles. The number of rotatable bonds is 5. The van der Waals surface area contributed by atoms with E-state index in [1.165, 1.54) is 12.5 Å². The van der Waals surface area contributed by atoms with Crippen molar-refractivity contribution in [1.82, 2.24) is 25.2 Å². The zero-order chi connectivity index (χ0) is 31.0. The van der Waals surface area contributed by atoms with Gasteiger partial charge in [0, 0.05) is 34.2 Å². The first kappa shape index (κ1) is 34.9. The smallest absolute Gasteiger partial charge is 0.434 e. The molecular formula is C37H47F2N6O+. The average Bonchev–Trinajstić information content (AvgIpc) is 3.64. The van der Waals surface area contributed by atoms with Gasteiger partial charge < -0.3 is 15.0 Å². The van der Waals surface area contributed by atoms with Gasteiger partial charge in [0.15, 0.2) is 5.82 Å². The minimum absolute atomic E-state index is 0. The molecule has 3 aliphatic rings. The van der Waals surface area contributed by atoms with Crippen LogP contribution in [0, 0.1) is 24.0 Å². The van der Waals surface area contributed by atoms with Crippen molar-refractivity contribution >= 4 is 33.2 Å². The minimum Gasteiger partial charge on any atom is -0.443 e. The van der Waals surface area contributed by atoms with Crippen LogP contribution >= 0.6 is 0 Å². The Morgan fingerprint density at radius 3 is 2.61 bits per heavy atom. The SMILES string of the molecule is C.C.C#Cc1c(F)ccc2cccc(-c3ncc4c([N+]5=C(C)C6CCC(C5)N6)nc(OC[C@@H]5CCCN5C)nc4c3F)c12.CCC. The van der Waals surface area contributed by atoms with E-state index < -0.39 is 11.6 Å². The van der Waals surface area contributed by atoms with Gasteiger partial charge in [0.05, 0.1) is 17.3 Å². The number of hydrogen-bond donors (Lipinski definition) is 1. The average molecular weight is 630 g/mol. The van der Waals surface area contributed by atoms with Gasteiger partial charge in [0.2, 0.25) is 0 Å². The maximum absolute atomic E-state index is 16.6. The van der Waals surface area contributed by atoms with E-state index >= 15 is 4.39 Å². The molecule has 9 heteroatoms. The number of likely N-dealkylation sites (tertiary alicyclic amines) is 1. The first-order valence-corrected chi connectivity index (χ1v) is 15.6. The van der Waals surface area contributed by atoms with E-state index in [2.05, 4.69) is 58.5 Å². The fourth-order valence-electron chi connectivity index (χ4n) is 6.63. The molecule has 2 bridgehead atoms. The third-order valence-electron chi connectivity index (χ3n) is 8.94. The fraction of sp³-hybridized carbons (Fsp3) is 0.459. The van der Waals surface area contributed by atoms with Crippen molar-refractivity contribution in [2.45, 2.75) is 85.9 Å². The Kier molecular flexibility index (Phi) is 11.1. The number of terminal acetylenes is 1. The molecule has 0 amide bonds. The molecule has 7 nitrogen and oxygen atoms in total. The van der Waals surface area contributed by atoms with Crippen LogP contribution in [0.15, 0.2) is 36.5 Å². The van der Waals surface area contributed by atoms with E-state index in [4.69, 9.17) is 16.1 Å². The van der Waals surface area contributed by atoms with Crippen molar-refractivity contribution in [2.24, 2.45) is 0 Å². The normalized spacial score (nSPS) is 20.5. The van der Waals surface area contributed by atoms with Gasteiger partial charge in [0.1, 0.15) is 35.6 Å². The monoisotopic (exact) mass is 629 g/mol. The van der Waals surface area contributed by atoms with Gasteiger partial charge in [-0.1, -0.05) is 65.3 Å². The number of fused-ring (bicyclic) bond motifs is 4. The third-order valence-corrected chi connectivity index (χ3v) is 8.94. The quantitative estimate of drug-likeness (QED) is 0.182. The maximum Gasteiger partial charge on any atom is 0.434 e. The van der Waals surface area contributed by atoms with E-state index in [0.717, 1.165) is 44.5 Å². The van der Waals surface area contributed by atoms with Crippen LogP contribution < -0.4 is 10.1 Å². The molecule has 46 heavy (non-hydrogen) atoms. The molecule has 2 aromatic heterocycles. The van der Waals surface area contributed by atoms with Gasteiger partial charge >= 0.3 is 11.8 Å². The molecule has 7 rings (SSSR count). The number of nitrogens with zero attached hydrogens (tertiary/aromatic N) is 5. The topological polar surface area (TPSA) is 66.2 Å². The van der Waals surface area contributed by atoms with Crippen molar-refractivity contribution in [3.63, 3.8) is 0 Å². The highest BCUT2D eigenvalue weighted by molar-refractivity contribution is 6.01. The lowest BCUT2D eigenvalue weighted by Gasteiger charge is -2.23. The van der Waals surface area contributed by atoms with E-state index in [1.54, 1.807) is 24.4 Å². The largest absolute Gasteiger partial charge is 0.443 e. The molecule has 2 unspecified atom stereocenters. The van der Waals surface area contributed by atoms with Crippen molar-refractivity contribution < 1.29 is 18.1 Å². The molecule has 3 atom stereocenters. The first-order valence-electron chi connectivity index (χ1n) is 15.6. The Morgan fingerprint density at radius 1 is 1.11 bits per heavy atom. The summed E-state index contributed by atoms with van der Waals surface area (Å²) >= 11 is 0. The molecule has 2 aromatic carbocycles. The molecule has 3 aliphatic heterocycles. The van der Waals surface area contributed by atoms with E-state index in [-0.39, 0.29) is 49.7 Å². The molecule has 2 fully saturated rings. The van der Waals surface area contributed by atoms with E-state index in [0.29, 0.717) is 40.2 Å². The molecule has 0 radical (unpaired) electrons. The second-order valence-corrected chi connectivity index (χ2v) is 12.0. The highest BCUT2D eigenvalue weighted by Crippen LogP contribution is 2.37. The summed E-state index contributed by atoms with van der Waals surface area (Å²) in [5.74, 6) is 1.87. The van der Waals surface area contributed by atoms with Gasteiger partial charge in [-0.25, -0.2) is 13.4 Å². The van der Waals surface area contributed by atoms with Crippen LogP contribution in [-0.4, -0.2) is 75.0 Å². The third kappa shape index (κ3) is 6.33. The number of hydrogen-bond acceptors (Lipinski definition) is 6. The lowest BCUT2D eigenvalue weighted by atomic mass is 9.96. The summed E-state index contributed by atoms with van der Waals surface area (Å²) in [5.41, 5.74) is 1.79. The predicted octanol–water partition coefficient (Wildman–Crippen LogP) is 7.51. The highest BCUT2D eigenvalue weighted by atomic mass is 19.1. The predicted molar refractivity (Wildman–Crippen MR) is 184 cm³/mol. The number of ether oxygens (including phenoxy) is 1. The Balaban J connectivity index is 0.000000926. The van der Waals surface area contributed by atoms with Crippen LogP contribution in [0.2, 0.25) is 0 Å². The molecule has 0 aliphatic carbocycles. The van der Waals surface area contributed by atoms with E-state index in [9.17, 15) is 4.39 Å². The zero-order valence-electron chi connectivity index (χ0n) is 25.8. The summed E-state index contributed by atoms with van der Waals surface area (Å²) < 4.78 is 39.6. The van der Waals surface area contributed by atoms with Crippen molar-refractivity contribution in [3.8, 4) is 29.6 Å². The Morgan fingerprint density at radius 2 is 1.89 bits per heavy atom. The van der Waals surface area contributed by atoms with Gasteiger partial charge in [-0.3, -0.25) is 4.98 Å². The Labute approximate surface area is 272 Å².